The SMILES string of the molecule is CC(C)CC[C@@]1(C)C(=O)C(C2=NS(=O)(=O)c3cc(NS(=O)(=O)c4ccc5ccccc5c4)ccc3N2)=C([O-])c2ccccc21.[Na+]. The van der Waals surface area contributed by atoms with E-state index in [1.54, 1.807) is 49.4 Å². The number of carbonyl (C=O) groups excluding carboxylic acids is 1. The molecule has 4 aromatic rings. The number of benzene rings is 4. The maximum Gasteiger partial charge on any atom is 1.00 e. The summed E-state index contributed by atoms with van der Waals surface area (Å²) in [6, 6.07) is 22.9. The van der Waals surface area contributed by atoms with Crippen LogP contribution in [0.1, 0.15) is 44.7 Å². The van der Waals surface area contributed by atoms with Gasteiger partial charge >= 0.3 is 29.6 Å². The first kappa shape index (κ1) is 32.9. The first-order valence-electron chi connectivity index (χ1n) is 14.1. The Kier molecular flexibility index (Phi) is 8.80. The summed E-state index contributed by atoms with van der Waals surface area (Å²) in [7, 11) is -8.49. The van der Waals surface area contributed by atoms with Crippen LogP contribution < -0.4 is 44.7 Å². The van der Waals surface area contributed by atoms with Crippen molar-refractivity contribution in [2.75, 3.05) is 10.0 Å². The van der Waals surface area contributed by atoms with Gasteiger partial charge in [0.15, 0.2) is 11.6 Å². The molecule has 0 aromatic heterocycles. The number of nitrogens with one attached hydrogen (secondary N) is 2. The number of amidine groups is 1. The molecule has 1 aliphatic heterocycles. The number of sulfonamides is 2. The fourth-order valence-corrected chi connectivity index (χ4v) is 7.95. The maximum absolute atomic E-state index is 14.0. The van der Waals surface area contributed by atoms with Crippen molar-refractivity contribution in [2.24, 2.45) is 10.3 Å². The van der Waals surface area contributed by atoms with E-state index in [2.05, 4.69) is 14.4 Å². The monoisotopic (exact) mass is 651 g/mol. The van der Waals surface area contributed by atoms with E-state index in [4.69, 9.17) is 0 Å². The molecule has 12 heteroatoms. The molecule has 0 fully saturated rings. The van der Waals surface area contributed by atoms with Crippen molar-refractivity contribution in [1.82, 2.24) is 0 Å². The zero-order valence-electron chi connectivity index (χ0n) is 25.3. The van der Waals surface area contributed by atoms with Gasteiger partial charge in [-0.15, -0.1) is 4.40 Å². The summed E-state index contributed by atoms with van der Waals surface area (Å²) >= 11 is 0. The van der Waals surface area contributed by atoms with Gasteiger partial charge in [-0.1, -0.05) is 74.2 Å². The van der Waals surface area contributed by atoms with Crippen LogP contribution in [0.5, 0.6) is 0 Å². The van der Waals surface area contributed by atoms with Crippen LogP contribution in [0.2, 0.25) is 0 Å². The zero-order chi connectivity index (χ0) is 31.4. The Labute approximate surface area is 284 Å². The van der Waals surface area contributed by atoms with Crippen molar-refractivity contribution in [3.8, 4) is 0 Å². The normalized spacial score (nSPS) is 18.8. The predicted octanol–water partition coefficient (Wildman–Crippen LogP) is 2.21. The molecule has 0 spiro atoms. The van der Waals surface area contributed by atoms with Gasteiger partial charge < -0.3 is 10.4 Å². The number of ketones is 1. The molecule has 2 aliphatic rings. The van der Waals surface area contributed by atoms with Gasteiger partial charge in [0, 0.05) is 0 Å². The molecule has 0 saturated heterocycles. The van der Waals surface area contributed by atoms with Gasteiger partial charge in [-0.05, 0) is 77.9 Å². The summed E-state index contributed by atoms with van der Waals surface area (Å²) in [5.74, 6) is -1.14. The van der Waals surface area contributed by atoms with Crippen LogP contribution in [0, 0.1) is 5.92 Å². The van der Waals surface area contributed by atoms with E-state index in [1.807, 2.05) is 26.0 Å². The van der Waals surface area contributed by atoms with Gasteiger partial charge in [-0.2, -0.15) is 8.42 Å². The number of carbonyl (C=O) groups is 1. The van der Waals surface area contributed by atoms with E-state index in [0.29, 0.717) is 23.5 Å². The van der Waals surface area contributed by atoms with Gasteiger partial charge in [0.25, 0.3) is 20.0 Å². The first-order valence-corrected chi connectivity index (χ1v) is 17.1. The third-order valence-electron chi connectivity index (χ3n) is 8.19. The molecule has 0 saturated carbocycles. The number of Topliss-reactive ketones (excluding diaryl/α,β-unsaturated/α-hetero) is 1. The number of rotatable bonds is 7. The quantitative estimate of drug-likeness (QED) is 0.292. The zero-order valence-corrected chi connectivity index (χ0v) is 28.9. The minimum absolute atomic E-state index is 0. The van der Waals surface area contributed by atoms with Gasteiger partial charge in [0.1, 0.15) is 4.90 Å². The van der Waals surface area contributed by atoms with Crippen molar-refractivity contribution in [1.29, 1.82) is 0 Å². The second-order valence-corrected chi connectivity index (χ2v) is 15.0. The van der Waals surface area contributed by atoms with E-state index in [1.165, 1.54) is 24.3 Å². The van der Waals surface area contributed by atoms with Gasteiger partial charge in [-0.3, -0.25) is 9.52 Å². The van der Waals surface area contributed by atoms with Crippen LogP contribution >= 0.6 is 0 Å². The van der Waals surface area contributed by atoms with Crippen molar-refractivity contribution in [3.63, 3.8) is 0 Å². The average Bonchev–Trinajstić information content (AvgIpc) is 2.99. The van der Waals surface area contributed by atoms with Crippen molar-refractivity contribution in [2.45, 2.75) is 48.8 Å². The third-order valence-corrected chi connectivity index (χ3v) is 10.9. The molecule has 4 aromatic carbocycles. The molecule has 0 bridgehead atoms. The summed E-state index contributed by atoms with van der Waals surface area (Å²) in [5, 5.41) is 18.1. The molecule has 0 radical (unpaired) electrons. The van der Waals surface area contributed by atoms with Crippen LogP contribution in [-0.4, -0.2) is 28.5 Å². The number of hydrogen-bond acceptors (Lipinski definition) is 7. The number of hydrogen-bond donors (Lipinski definition) is 2. The number of nitrogens with zero attached hydrogens (tertiary/aromatic N) is 1. The fraction of sp³-hybridized carbons (Fsp3) is 0.212. The predicted molar refractivity (Wildman–Crippen MR) is 169 cm³/mol. The summed E-state index contributed by atoms with van der Waals surface area (Å²) in [5.41, 5.74) is -0.344. The molecule has 1 heterocycles. The van der Waals surface area contributed by atoms with E-state index in [9.17, 15) is 26.7 Å². The van der Waals surface area contributed by atoms with Crippen molar-refractivity contribution >= 4 is 59.6 Å². The summed E-state index contributed by atoms with van der Waals surface area (Å²) < 4.78 is 59.6. The second kappa shape index (κ2) is 12.0. The van der Waals surface area contributed by atoms with Crippen molar-refractivity contribution < 1.29 is 56.3 Å². The molecule has 9 nitrogen and oxygen atoms in total. The van der Waals surface area contributed by atoms with Crippen LogP contribution in [0.4, 0.5) is 11.4 Å². The second-order valence-electron chi connectivity index (χ2n) is 11.7. The van der Waals surface area contributed by atoms with E-state index < -0.39 is 37.0 Å². The van der Waals surface area contributed by atoms with Crippen LogP contribution in [0.3, 0.4) is 0 Å². The molecule has 1 aliphatic carbocycles. The Hall–Kier alpha value is -3.48. The maximum atomic E-state index is 14.0. The first-order chi connectivity index (χ1) is 20.8. The summed E-state index contributed by atoms with van der Waals surface area (Å²) in [6.07, 6.45) is 1.19. The molecule has 6 rings (SSSR count). The smallest absolute Gasteiger partial charge is 0.871 e. The van der Waals surface area contributed by atoms with E-state index >= 15 is 0 Å². The standard InChI is InChI=1S/C33H31N3O6S2.Na/c1-20(2)16-17-33(3)26-11-7-6-10-25(26)30(37)29(31(33)38)32-34-27-15-13-23(19-28(27)44(41,42)36-32)35-43(39,40)24-14-12-21-8-4-5-9-22(21)18-24;/h4-15,18-20,35,37H,16-17H2,1-3H3,(H,34,36);/q;+1/p-1/t33-;/m1./s1. The van der Waals surface area contributed by atoms with Crippen LogP contribution in [0.15, 0.2) is 105 Å². The Morgan fingerprint density at radius 2 is 1.64 bits per heavy atom. The van der Waals surface area contributed by atoms with E-state index in [0.717, 1.165) is 23.3 Å². The molecule has 2 N–H and O–H groups in total. The Morgan fingerprint density at radius 3 is 2.38 bits per heavy atom. The minimum atomic E-state index is -4.43. The number of anilines is 2. The largest absolute Gasteiger partial charge is 1.00 e. The summed E-state index contributed by atoms with van der Waals surface area (Å²) in [4.78, 5) is 13.8. The Balaban J connectivity index is 0.00000400. The van der Waals surface area contributed by atoms with Crippen LogP contribution in [-0.2, 0) is 30.3 Å². The van der Waals surface area contributed by atoms with E-state index in [-0.39, 0.29) is 62.1 Å². The topological polar surface area (TPSA) is 145 Å². The molecular weight excluding hydrogens is 622 g/mol. The molecule has 0 amide bonds. The van der Waals surface area contributed by atoms with Gasteiger partial charge in [0.05, 0.1) is 27.3 Å². The van der Waals surface area contributed by atoms with Gasteiger partial charge in [0.2, 0.25) is 0 Å². The molecule has 1 atom stereocenters. The fourth-order valence-electron chi connectivity index (χ4n) is 5.72. The summed E-state index contributed by atoms with van der Waals surface area (Å²) in [6.45, 7) is 5.87. The third kappa shape index (κ3) is 5.95. The average molecular weight is 652 g/mol. The molecule has 226 valence electrons. The Morgan fingerprint density at radius 1 is 0.956 bits per heavy atom. The van der Waals surface area contributed by atoms with Gasteiger partial charge in [-0.25, -0.2) is 8.42 Å². The molecule has 45 heavy (non-hydrogen) atoms. The van der Waals surface area contributed by atoms with Crippen LogP contribution in [0.25, 0.3) is 16.5 Å². The number of fused-ring (bicyclic) bond motifs is 3. The minimum Gasteiger partial charge on any atom is -0.871 e. The molecule has 0 unspecified atom stereocenters. The van der Waals surface area contributed by atoms with Crippen molar-refractivity contribution in [3.05, 3.63) is 102 Å². The Bertz CT molecular complexity index is 2140. The molecular formula is C33H30N3NaO6S2.